The predicted octanol–water partition coefficient (Wildman–Crippen LogP) is 2.44. The summed E-state index contributed by atoms with van der Waals surface area (Å²) >= 11 is 0. The quantitative estimate of drug-likeness (QED) is 0.841. The SMILES string of the molecule is CCC(=CC(=O)N1C[C@H](OC)CC1c1ncc[nH]1)CC. The molecule has 1 N–H and O–H groups in total. The van der Waals surface area contributed by atoms with E-state index in [0.29, 0.717) is 6.54 Å². The molecule has 110 valence electrons. The van der Waals surface area contributed by atoms with Crippen LogP contribution in [0.25, 0.3) is 0 Å². The van der Waals surface area contributed by atoms with E-state index in [1.807, 2.05) is 4.90 Å². The van der Waals surface area contributed by atoms with Crippen LogP contribution in [0.5, 0.6) is 0 Å². The molecule has 1 amide bonds. The lowest BCUT2D eigenvalue weighted by Gasteiger charge is -2.21. The van der Waals surface area contributed by atoms with E-state index in [0.717, 1.165) is 25.1 Å². The Bertz CT molecular complexity index is 461. The molecule has 0 aliphatic carbocycles. The van der Waals surface area contributed by atoms with Gasteiger partial charge in [0, 0.05) is 38.5 Å². The maximum Gasteiger partial charge on any atom is 0.247 e. The average molecular weight is 277 g/mol. The maximum absolute atomic E-state index is 12.5. The molecule has 1 aromatic heterocycles. The van der Waals surface area contributed by atoms with Crippen molar-refractivity contribution in [3.63, 3.8) is 0 Å². The Labute approximate surface area is 120 Å². The number of nitrogens with zero attached hydrogens (tertiary/aromatic N) is 2. The van der Waals surface area contributed by atoms with Gasteiger partial charge in [0.1, 0.15) is 5.82 Å². The third kappa shape index (κ3) is 3.10. The molecule has 1 aliphatic heterocycles. The minimum atomic E-state index is -0.0198. The smallest absolute Gasteiger partial charge is 0.247 e. The monoisotopic (exact) mass is 277 g/mol. The van der Waals surface area contributed by atoms with Gasteiger partial charge in [0.2, 0.25) is 5.91 Å². The molecule has 0 bridgehead atoms. The van der Waals surface area contributed by atoms with Crippen LogP contribution in [0.3, 0.4) is 0 Å². The van der Waals surface area contributed by atoms with Crippen molar-refractivity contribution >= 4 is 5.91 Å². The van der Waals surface area contributed by atoms with Gasteiger partial charge in [0.05, 0.1) is 12.1 Å². The lowest BCUT2D eigenvalue weighted by molar-refractivity contribution is -0.127. The van der Waals surface area contributed by atoms with Gasteiger partial charge in [-0.3, -0.25) is 4.79 Å². The van der Waals surface area contributed by atoms with Crippen LogP contribution in [-0.4, -0.2) is 40.5 Å². The second kappa shape index (κ2) is 6.70. The molecule has 0 aromatic carbocycles. The summed E-state index contributed by atoms with van der Waals surface area (Å²) in [6.45, 7) is 4.78. The lowest BCUT2D eigenvalue weighted by Crippen LogP contribution is -2.31. The number of amides is 1. The van der Waals surface area contributed by atoms with Crippen molar-refractivity contribution in [3.8, 4) is 0 Å². The van der Waals surface area contributed by atoms with Crippen molar-refractivity contribution in [2.45, 2.75) is 45.3 Å². The first-order valence-electron chi connectivity index (χ1n) is 7.21. The van der Waals surface area contributed by atoms with Gasteiger partial charge >= 0.3 is 0 Å². The van der Waals surface area contributed by atoms with E-state index < -0.39 is 0 Å². The van der Waals surface area contributed by atoms with Gasteiger partial charge < -0.3 is 14.6 Å². The van der Waals surface area contributed by atoms with Crippen molar-refractivity contribution < 1.29 is 9.53 Å². The predicted molar refractivity (Wildman–Crippen MR) is 77.1 cm³/mol. The Morgan fingerprint density at radius 3 is 2.85 bits per heavy atom. The first-order valence-corrected chi connectivity index (χ1v) is 7.21. The Morgan fingerprint density at radius 1 is 1.55 bits per heavy atom. The van der Waals surface area contributed by atoms with Gasteiger partial charge in [0.15, 0.2) is 0 Å². The molecule has 0 spiro atoms. The summed E-state index contributed by atoms with van der Waals surface area (Å²) in [5, 5.41) is 0. The number of hydrogen-bond acceptors (Lipinski definition) is 3. The standard InChI is InChI=1S/C15H23N3O2/c1-4-11(5-2)8-14(19)18-10-12(20-3)9-13(18)15-16-6-7-17-15/h6-8,12-13H,4-5,9-10H2,1-3H3,(H,16,17)/t12-,13?/m1/s1. The fraction of sp³-hybridized carbons (Fsp3) is 0.600. The number of carbonyl (C=O) groups excluding carboxylic acids is 1. The summed E-state index contributed by atoms with van der Waals surface area (Å²) in [6.07, 6.45) is 7.97. The molecular weight excluding hydrogens is 254 g/mol. The lowest BCUT2D eigenvalue weighted by atomic mass is 10.1. The van der Waals surface area contributed by atoms with Crippen LogP contribution in [0.1, 0.15) is 45.0 Å². The molecule has 1 saturated heterocycles. The minimum absolute atomic E-state index is 0.0198. The maximum atomic E-state index is 12.5. The van der Waals surface area contributed by atoms with Gasteiger partial charge in [-0.1, -0.05) is 19.4 Å². The summed E-state index contributed by atoms with van der Waals surface area (Å²) in [7, 11) is 1.69. The fourth-order valence-electron chi connectivity index (χ4n) is 2.64. The second-order valence-corrected chi connectivity index (χ2v) is 5.08. The number of ether oxygens (including phenoxy) is 1. The molecule has 2 heterocycles. The first kappa shape index (κ1) is 14.8. The summed E-state index contributed by atoms with van der Waals surface area (Å²) in [5.74, 6) is 0.894. The zero-order valence-corrected chi connectivity index (χ0v) is 12.4. The third-order valence-electron chi connectivity index (χ3n) is 3.95. The van der Waals surface area contributed by atoms with Gasteiger partial charge in [-0.25, -0.2) is 4.98 Å². The number of nitrogens with one attached hydrogen (secondary N) is 1. The molecule has 0 saturated carbocycles. The minimum Gasteiger partial charge on any atom is -0.380 e. The Morgan fingerprint density at radius 2 is 2.30 bits per heavy atom. The van der Waals surface area contributed by atoms with E-state index in [-0.39, 0.29) is 18.1 Å². The van der Waals surface area contributed by atoms with Crippen molar-refractivity contribution in [3.05, 3.63) is 29.9 Å². The van der Waals surface area contributed by atoms with Gasteiger partial charge in [-0.05, 0) is 12.8 Å². The number of methoxy groups -OCH3 is 1. The van der Waals surface area contributed by atoms with Gasteiger partial charge in [-0.15, -0.1) is 0 Å². The van der Waals surface area contributed by atoms with Crippen molar-refractivity contribution in [2.75, 3.05) is 13.7 Å². The van der Waals surface area contributed by atoms with Crippen LogP contribution in [0, 0.1) is 0 Å². The molecule has 5 nitrogen and oxygen atoms in total. The fourth-order valence-corrected chi connectivity index (χ4v) is 2.64. The number of carbonyl (C=O) groups is 1. The van der Waals surface area contributed by atoms with E-state index in [4.69, 9.17) is 4.74 Å². The van der Waals surface area contributed by atoms with Gasteiger partial charge in [-0.2, -0.15) is 0 Å². The molecule has 1 fully saturated rings. The van der Waals surface area contributed by atoms with E-state index in [1.54, 1.807) is 25.6 Å². The number of allylic oxidation sites excluding steroid dienone is 1. The number of hydrogen-bond donors (Lipinski definition) is 1. The highest BCUT2D eigenvalue weighted by atomic mass is 16.5. The third-order valence-corrected chi connectivity index (χ3v) is 3.95. The Hall–Kier alpha value is -1.62. The number of aromatic amines is 1. The number of aromatic nitrogens is 2. The zero-order valence-electron chi connectivity index (χ0n) is 12.4. The zero-order chi connectivity index (χ0) is 14.5. The summed E-state index contributed by atoms with van der Waals surface area (Å²) in [5.41, 5.74) is 1.18. The number of likely N-dealkylation sites (tertiary alicyclic amines) is 1. The van der Waals surface area contributed by atoms with Crippen LogP contribution in [0.2, 0.25) is 0 Å². The van der Waals surface area contributed by atoms with Crippen molar-refractivity contribution in [1.82, 2.24) is 14.9 Å². The molecule has 0 radical (unpaired) electrons. The first-order chi connectivity index (χ1) is 9.69. The number of H-pyrrole nitrogens is 1. The highest BCUT2D eigenvalue weighted by Crippen LogP contribution is 2.31. The van der Waals surface area contributed by atoms with Crippen LogP contribution in [-0.2, 0) is 9.53 Å². The highest BCUT2D eigenvalue weighted by molar-refractivity contribution is 5.88. The van der Waals surface area contributed by atoms with Crippen LogP contribution < -0.4 is 0 Å². The number of rotatable bonds is 5. The van der Waals surface area contributed by atoms with E-state index >= 15 is 0 Å². The molecule has 2 atom stereocenters. The highest BCUT2D eigenvalue weighted by Gasteiger charge is 2.36. The van der Waals surface area contributed by atoms with E-state index in [1.165, 1.54) is 5.57 Å². The van der Waals surface area contributed by atoms with E-state index in [2.05, 4.69) is 23.8 Å². The molecule has 1 aromatic rings. The van der Waals surface area contributed by atoms with Crippen LogP contribution in [0.15, 0.2) is 24.0 Å². The normalized spacial score (nSPS) is 22.1. The molecular formula is C15H23N3O2. The number of imidazole rings is 1. The van der Waals surface area contributed by atoms with E-state index in [9.17, 15) is 4.79 Å². The molecule has 1 unspecified atom stereocenters. The van der Waals surface area contributed by atoms with Crippen molar-refractivity contribution in [1.29, 1.82) is 0 Å². The molecule has 5 heteroatoms. The van der Waals surface area contributed by atoms with Crippen LogP contribution >= 0.6 is 0 Å². The van der Waals surface area contributed by atoms with Gasteiger partial charge in [0.25, 0.3) is 0 Å². The molecule has 20 heavy (non-hydrogen) atoms. The summed E-state index contributed by atoms with van der Waals surface area (Å²) < 4.78 is 5.42. The largest absolute Gasteiger partial charge is 0.380 e. The van der Waals surface area contributed by atoms with Crippen LogP contribution in [0.4, 0.5) is 0 Å². The Balaban J connectivity index is 2.19. The summed E-state index contributed by atoms with van der Waals surface area (Å²) in [4.78, 5) is 21.8. The average Bonchev–Trinajstić information content (AvgIpc) is 3.12. The molecule has 1 aliphatic rings. The molecule has 2 rings (SSSR count). The topological polar surface area (TPSA) is 58.2 Å². The Kier molecular flexibility index (Phi) is 4.95. The summed E-state index contributed by atoms with van der Waals surface area (Å²) in [6, 6.07) is -0.0198. The van der Waals surface area contributed by atoms with Crippen molar-refractivity contribution in [2.24, 2.45) is 0 Å². The second-order valence-electron chi connectivity index (χ2n) is 5.08.